The van der Waals surface area contributed by atoms with E-state index in [0.717, 1.165) is 17.8 Å². The maximum Gasteiger partial charge on any atom is 0.254 e. The first-order chi connectivity index (χ1) is 9.13. The van der Waals surface area contributed by atoms with Crippen molar-refractivity contribution in [2.45, 2.75) is 33.2 Å². The Morgan fingerprint density at radius 1 is 1.37 bits per heavy atom. The number of rotatable bonds is 4. The van der Waals surface area contributed by atoms with Gasteiger partial charge in [0.15, 0.2) is 0 Å². The number of carbonyl (C=O) groups is 1. The van der Waals surface area contributed by atoms with Gasteiger partial charge in [-0.15, -0.1) is 0 Å². The quantitative estimate of drug-likeness (QED) is 0.915. The largest absolute Gasteiger partial charge is 0.349 e. The first-order valence-electron chi connectivity index (χ1n) is 6.54. The number of nitrogens with zero attached hydrogens (tertiary/aromatic N) is 2. The number of para-hydroxylation sites is 1. The number of hydrogen-bond donors (Lipinski definition) is 1. The van der Waals surface area contributed by atoms with E-state index in [2.05, 4.69) is 10.4 Å². The van der Waals surface area contributed by atoms with Crippen LogP contribution in [0.5, 0.6) is 0 Å². The highest BCUT2D eigenvalue weighted by molar-refractivity contribution is 5.95. The summed E-state index contributed by atoms with van der Waals surface area (Å²) in [4.78, 5) is 12.1. The van der Waals surface area contributed by atoms with E-state index in [0.29, 0.717) is 5.56 Å². The molecule has 0 aliphatic heterocycles. The maximum atomic E-state index is 12.1. The minimum atomic E-state index is -0.0611. The normalized spacial score (nSPS) is 12.2. The van der Waals surface area contributed by atoms with E-state index in [1.54, 1.807) is 10.9 Å². The van der Waals surface area contributed by atoms with Crippen molar-refractivity contribution in [3.63, 3.8) is 0 Å². The monoisotopic (exact) mass is 257 g/mol. The van der Waals surface area contributed by atoms with E-state index in [1.165, 1.54) is 0 Å². The Balaban J connectivity index is 2.26. The van der Waals surface area contributed by atoms with Crippen LogP contribution in [-0.4, -0.2) is 21.7 Å². The van der Waals surface area contributed by atoms with E-state index in [-0.39, 0.29) is 11.9 Å². The molecule has 0 radical (unpaired) electrons. The second-order valence-electron chi connectivity index (χ2n) is 4.67. The highest BCUT2D eigenvalue weighted by Crippen LogP contribution is 2.13. The van der Waals surface area contributed by atoms with Crippen LogP contribution in [0.1, 0.15) is 36.3 Å². The van der Waals surface area contributed by atoms with Crippen molar-refractivity contribution in [3.8, 4) is 5.69 Å². The second kappa shape index (κ2) is 5.69. The number of amides is 1. The van der Waals surface area contributed by atoms with Gasteiger partial charge < -0.3 is 5.32 Å². The van der Waals surface area contributed by atoms with Crippen molar-refractivity contribution < 1.29 is 4.79 Å². The molecule has 4 heteroatoms. The van der Waals surface area contributed by atoms with Crippen LogP contribution in [-0.2, 0) is 0 Å². The van der Waals surface area contributed by atoms with Crippen molar-refractivity contribution in [2.75, 3.05) is 0 Å². The Labute approximate surface area is 113 Å². The first-order valence-corrected chi connectivity index (χ1v) is 6.54. The molecule has 1 aromatic carbocycles. The fourth-order valence-corrected chi connectivity index (χ4v) is 1.87. The zero-order valence-electron chi connectivity index (χ0n) is 11.6. The summed E-state index contributed by atoms with van der Waals surface area (Å²) in [5, 5.41) is 7.26. The third-order valence-electron chi connectivity index (χ3n) is 3.25. The molecular formula is C15H19N3O. The van der Waals surface area contributed by atoms with Gasteiger partial charge in [-0.25, -0.2) is 4.68 Å². The summed E-state index contributed by atoms with van der Waals surface area (Å²) in [5.41, 5.74) is 2.44. The molecule has 0 saturated carbocycles. The maximum absolute atomic E-state index is 12.1. The highest BCUT2D eigenvalue weighted by atomic mass is 16.1. The SMILES string of the molecule is CCC(C)NC(=O)c1cnn(-c2ccccc2)c1C. The topological polar surface area (TPSA) is 46.9 Å². The van der Waals surface area contributed by atoms with Crippen molar-refractivity contribution in [3.05, 3.63) is 47.8 Å². The molecule has 1 aromatic heterocycles. The summed E-state index contributed by atoms with van der Waals surface area (Å²) in [6.45, 7) is 5.95. The van der Waals surface area contributed by atoms with Crippen LogP contribution in [0, 0.1) is 6.92 Å². The molecule has 1 atom stereocenters. The molecule has 1 amide bonds. The number of nitrogens with one attached hydrogen (secondary N) is 1. The average molecular weight is 257 g/mol. The highest BCUT2D eigenvalue weighted by Gasteiger charge is 2.16. The van der Waals surface area contributed by atoms with Crippen molar-refractivity contribution in [1.82, 2.24) is 15.1 Å². The average Bonchev–Trinajstić information content (AvgIpc) is 2.81. The van der Waals surface area contributed by atoms with Crippen molar-refractivity contribution in [1.29, 1.82) is 0 Å². The van der Waals surface area contributed by atoms with E-state index < -0.39 is 0 Å². The summed E-state index contributed by atoms with van der Waals surface area (Å²) in [7, 11) is 0. The van der Waals surface area contributed by atoms with Crippen molar-refractivity contribution in [2.24, 2.45) is 0 Å². The number of benzene rings is 1. The minimum Gasteiger partial charge on any atom is -0.349 e. The number of hydrogen-bond acceptors (Lipinski definition) is 2. The number of carbonyl (C=O) groups excluding carboxylic acids is 1. The molecule has 1 heterocycles. The fraction of sp³-hybridized carbons (Fsp3) is 0.333. The van der Waals surface area contributed by atoms with Gasteiger partial charge in [0.05, 0.1) is 23.1 Å². The first kappa shape index (κ1) is 13.3. The molecule has 0 saturated heterocycles. The molecule has 0 aliphatic rings. The summed E-state index contributed by atoms with van der Waals surface area (Å²) in [6.07, 6.45) is 2.54. The van der Waals surface area contributed by atoms with Gasteiger partial charge in [0.25, 0.3) is 5.91 Å². The second-order valence-corrected chi connectivity index (χ2v) is 4.67. The molecule has 2 aromatic rings. The molecule has 1 N–H and O–H groups in total. The lowest BCUT2D eigenvalue weighted by Gasteiger charge is -2.11. The summed E-state index contributed by atoms with van der Waals surface area (Å²) in [6, 6.07) is 9.98. The van der Waals surface area contributed by atoms with Gasteiger partial charge in [-0.2, -0.15) is 5.10 Å². The van der Waals surface area contributed by atoms with E-state index in [9.17, 15) is 4.79 Å². The van der Waals surface area contributed by atoms with Crippen LogP contribution < -0.4 is 5.32 Å². The van der Waals surface area contributed by atoms with Crippen LogP contribution in [0.15, 0.2) is 36.5 Å². The van der Waals surface area contributed by atoms with Gasteiger partial charge in [0.1, 0.15) is 0 Å². The third-order valence-corrected chi connectivity index (χ3v) is 3.25. The predicted octanol–water partition coefficient (Wildman–Crippen LogP) is 2.71. The van der Waals surface area contributed by atoms with Gasteiger partial charge >= 0.3 is 0 Å². The Morgan fingerprint density at radius 2 is 2.05 bits per heavy atom. The standard InChI is InChI=1S/C15H19N3O/c1-4-11(2)17-15(19)14-10-16-18(12(14)3)13-8-6-5-7-9-13/h5-11H,4H2,1-3H3,(H,17,19). The van der Waals surface area contributed by atoms with Gasteiger partial charge in [0.2, 0.25) is 0 Å². The third kappa shape index (κ3) is 2.84. The van der Waals surface area contributed by atoms with Crippen LogP contribution in [0.2, 0.25) is 0 Å². The van der Waals surface area contributed by atoms with Gasteiger partial charge in [-0.05, 0) is 32.4 Å². The zero-order chi connectivity index (χ0) is 13.8. The molecule has 100 valence electrons. The Kier molecular flexibility index (Phi) is 4.00. The molecule has 0 spiro atoms. The summed E-state index contributed by atoms with van der Waals surface area (Å²) >= 11 is 0. The summed E-state index contributed by atoms with van der Waals surface area (Å²) in [5.74, 6) is -0.0611. The predicted molar refractivity (Wildman–Crippen MR) is 75.5 cm³/mol. The Hall–Kier alpha value is -2.10. The Bertz CT molecular complexity index is 560. The fourth-order valence-electron chi connectivity index (χ4n) is 1.87. The van der Waals surface area contributed by atoms with Gasteiger partial charge in [-0.1, -0.05) is 25.1 Å². The zero-order valence-corrected chi connectivity index (χ0v) is 11.6. The molecule has 4 nitrogen and oxygen atoms in total. The number of aromatic nitrogens is 2. The smallest absolute Gasteiger partial charge is 0.254 e. The van der Waals surface area contributed by atoms with Crippen LogP contribution in [0.25, 0.3) is 5.69 Å². The lowest BCUT2D eigenvalue weighted by Crippen LogP contribution is -2.32. The minimum absolute atomic E-state index is 0.0611. The lowest BCUT2D eigenvalue weighted by molar-refractivity contribution is 0.0938. The van der Waals surface area contributed by atoms with E-state index >= 15 is 0 Å². The lowest BCUT2D eigenvalue weighted by atomic mass is 10.2. The van der Waals surface area contributed by atoms with Crippen molar-refractivity contribution >= 4 is 5.91 Å². The molecule has 1 unspecified atom stereocenters. The molecule has 0 bridgehead atoms. The van der Waals surface area contributed by atoms with E-state index in [4.69, 9.17) is 0 Å². The van der Waals surface area contributed by atoms with E-state index in [1.807, 2.05) is 51.1 Å². The van der Waals surface area contributed by atoms with Crippen LogP contribution >= 0.6 is 0 Å². The molecule has 0 aliphatic carbocycles. The van der Waals surface area contributed by atoms with Gasteiger partial charge in [-0.3, -0.25) is 4.79 Å². The van der Waals surface area contributed by atoms with Crippen LogP contribution in [0.3, 0.4) is 0 Å². The Morgan fingerprint density at radius 3 is 2.68 bits per heavy atom. The molecule has 19 heavy (non-hydrogen) atoms. The molecular weight excluding hydrogens is 238 g/mol. The molecule has 0 fully saturated rings. The van der Waals surface area contributed by atoms with Crippen LogP contribution in [0.4, 0.5) is 0 Å². The molecule has 2 rings (SSSR count). The van der Waals surface area contributed by atoms with Gasteiger partial charge in [0, 0.05) is 6.04 Å². The summed E-state index contributed by atoms with van der Waals surface area (Å²) < 4.78 is 1.78.